The summed E-state index contributed by atoms with van der Waals surface area (Å²) in [5.74, 6) is 0. The Kier molecular flexibility index (Phi) is 4.10. The van der Waals surface area contributed by atoms with Crippen molar-refractivity contribution in [2.45, 2.75) is 26.8 Å². The van der Waals surface area contributed by atoms with Gasteiger partial charge in [0.1, 0.15) is 0 Å². The van der Waals surface area contributed by atoms with Gasteiger partial charge in [0.2, 0.25) is 0 Å². The van der Waals surface area contributed by atoms with Gasteiger partial charge in [-0.3, -0.25) is 4.99 Å². The fourth-order valence-electron chi connectivity index (χ4n) is 1.20. The van der Waals surface area contributed by atoms with Crippen LogP contribution in [0.2, 0.25) is 0 Å². The maximum absolute atomic E-state index is 5.36. The van der Waals surface area contributed by atoms with E-state index in [-0.39, 0.29) is 6.04 Å². The van der Waals surface area contributed by atoms with Crippen LogP contribution in [-0.2, 0) is 0 Å². The molecule has 15 heavy (non-hydrogen) atoms. The highest BCUT2D eigenvalue weighted by Crippen LogP contribution is 2.16. The molecule has 1 unspecified atom stereocenters. The maximum atomic E-state index is 5.36. The molecule has 2 N–H and O–H groups in total. The topological polar surface area (TPSA) is 38.4 Å². The molecule has 1 aromatic rings. The van der Waals surface area contributed by atoms with Crippen molar-refractivity contribution in [1.82, 2.24) is 0 Å². The third-order valence-electron chi connectivity index (χ3n) is 2.32. The fraction of sp³-hybridized carbons (Fsp3) is 0.308. The van der Waals surface area contributed by atoms with Crippen molar-refractivity contribution in [2.24, 2.45) is 10.7 Å². The van der Waals surface area contributed by atoms with Crippen molar-refractivity contribution in [3.05, 3.63) is 47.2 Å². The van der Waals surface area contributed by atoms with Gasteiger partial charge in [-0.15, -0.1) is 0 Å². The number of allylic oxidation sites excluding steroid dienone is 1. The smallest absolute Gasteiger partial charge is 0.0720 e. The largest absolute Gasteiger partial charge is 0.404 e. The molecule has 0 aliphatic carbocycles. The second-order valence-electron chi connectivity index (χ2n) is 3.78. The predicted octanol–water partition coefficient (Wildman–Crippen LogP) is 2.99. The second kappa shape index (κ2) is 5.35. The third-order valence-corrected chi connectivity index (χ3v) is 2.32. The van der Waals surface area contributed by atoms with Gasteiger partial charge in [0.15, 0.2) is 0 Å². The minimum atomic E-state index is 0.181. The molecule has 0 saturated heterocycles. The summed E-state index contributed by atoms with van der Waals surface area (Å²) >= 11 is 0. The molecule has 2 nitrogen and oxygen atoms in total. The number of aryl methyl sites for hydroxylation is 1. The molecule has 0 aliphatic heterocycles. The number of rotatable bonds is 3. The SMILES string of the molecule is C/C(C=NC(C)c1ccc(C)cc1)=C/N. The van der Waals surface area contributed by atoms with E-state index in [9.17, 15) is 0 Å². The molecule has 0 spiro atoms. The normalized spacial score (nSPS) is 14.5. The first-order valence-electron chi connectivity index (χ1n) is 5.11. The van der Waals surface area contributed by atoms with Gasteiger partial charge >= 0.3 is 0 Å². The van der Waals surface area contributed by atoms with Gasteiger partial charge in [-0.25, -0.2) is 0 Å². The van der Waals surface area contributed by atoms with Gasteiger partial charge in [-0.05, 0) is 38.1 Å². The van der Waals surface area contributed by atoms with E-state index in [0.717, 1.165) is 5.57 Å². The summed E-state index contributed by atoms with van der Waals surface area (Å²) in [6, 6.07) is 8.61. The summed E-state index contributed by atoms with van der Waals surface area (Å²) in [7, 11) is 0. The van der Waals surface area contributed by atoms with E-state index < -0.39 is 0 Å². The van der Waals surface area contributed by atoms with E-state index in [1.165, 1.54) is 11.1 Å². The summed E-state index contributed by atoms with van der Waals surface area (Å²) < 4.78 is 0. The highest BCUT2D eigenvalue weighted by atomic mass is 14.8. The molecule has 0 amide bonds. The first kappa shape index (κ1) is 11.5. The van der Waals surface area contributed by atoms with Crippen molar-refractivity contribution in [3.63, 3.8) is 0 Å². The van der Waals surface area contributed by atoms with Crippen LogP contribution in [0, 0.1) is 6.92 Å². The zero-order valence-electron chi connectivity index (χ0n) is 9.57. The molecule has 1 atom stereocenters. The molecule has 0 radical (unpaired) electrons. The van der Waals surface area contributed by atoms with E-state index in [4.69, 9.17) is 5.73 Å². The maximum Gasteiger partial charge on any atom is 0.0720 e. The lowest BCUT2D eigenvalue weighted by Gasteiger charge is -2.06. The Labute approximate surface area is 91.5 Å². The highest BCUT2D eigenvalue weighted by Gasteiger charge is 2.00. The van der Waals surface area contributed by atoms with Crippen LogP contribution < -0.4 is 5.73 Å². The van der Waals surface area contributed by atoms with Crippen LogP contribution in [0.4, 0.5) is 0 Å². The molecule has 0 fully saturated rings. The number of hydrogen-bond donors (Lipinski definition) is 1. The van der Waals surface area contributed by atoms with Crippen molar-refractivity contribution in [2.75, 3.05) is 0 Å². The van der Waals surface area contributed by atoms with Gasteiger partial charge in [0.05, 0.1) is 6.04 Å². The van der Waals surface area contributed by atoms with Crippen LogP contribution in [0.25, 0.3) is 0 Å². The van der Waals surface area contributed by atoms with Gasteiger partial charge in [-0.1, -0.05) is 29.8 Å². The first-order chi connectivity index (χ1) is 7.13. The Balaban J connectivity index is 2.73. The molecular weight excluding hydrogens is 184 g/mol. The van der Waals surface area contributed by atoms with Gasteiger partial charge in [0.25, 0.3) is 0 Å². The zero-order valence-corrected chi connectivity index (χ0v) is 9.57. The Hall–Kier alpha value is -1.57. The summed E-state index contributed by atoms with van der Waals surface area (Å²) in [4.78, 5) is 4.42. The van der Waals surface area contributed by atoms with Crippen LogP contribution in [-0.4, -0.2) is 6.21 Å². The lowest BCUT2D eigenvalue weighted by molar-refractivity contribution is 0.824. The Morgan fingerprint density at radius 3 is 2.47 bits per heavy atom. The minimum absolute atomic E-state index is 0.181. The number of aliphatic imine (C=N–C) groups is 1. The lowest BCUT2D eigenvalue weighted by atomic mass is 10.1. The summed E-state index contributed by atoms with van der Waals surface area (Å²) in [5.41, 5.74) is 8.84. The standard InChI is InChI=1S/C13H18N2/c1-10-4-6-13(7-5-10)12(3)15-9-11(2)8-14/h4-9,12H,14H2,1-3H3/b11-8-,15-9?. The van der Waals surface area contributed by atoms with Gasteiger partial charge in [-0.2, -0.15) is 0 Å². The molecule has 0 aromatic heterocycles. The zero-order chi connectivity index (χ0) is 11.3. The van der Waals surface area contributed by atoms with E-state index in [1.807, 2.05) is 13.1 Å². The molecule has 0 heterocycles. The average Bonchev–Trinajstić information content (AvgIpc) is 2.26. The van der Waals surface area contributed by atoms with Gasteiger partial charge in [0, 0.05) is 6.21 Å². The minimum Gasteiger partial charge on any atom is -0.404 e. The summed E-state index contributed by atoms with van der Waals surface area (Å²) in [5, 5.41) is 0. The Morgan fingerprint density at radius 1 is 1.33 bits per heavy atom. The van der Waals surface area contributed by atoms with Crippen LogP contribution >= 0.6 is 0 Å². The quantitative estimate of drug-likeness (QED) is 0.752. The third kappa shape index (κ3) is 3.58. The average molecular weight is 202 g/mol. The molecule has 80 valence electrons. The fourth-order valence-corrected chi connectivity index (χ4v) is 1.20. The molecule has 0 bridgehead atoms. The van der Waals surface area contributed by atoms with Crippen LogP contribution in [0.5, 0.6) is 0 Å². The van der Waals surface area contributed by atoms with E-state index >= 15 is 0 Å². The predicted molar refractivity (Wildman–Crippen MR) is 66.0 cm³/mol. The monoisotopic (exact) mass is 202 g/mol. The first-order valence-corrected chi connectivity index (χ1v) is 5.11. The van der Waals surface area contributed by atoms with Crippen molar-refractivity contribution in [3.8, 4) is 0 Å². The molecule has 1 rings (SSSR count). The van der Waals surface area contributed by atoms with Crippen LogP contribution in [0.3, 0.4) is 0 Å². The molecular formula is C13H18N2. The van der Waals surface area contributed by atoms with Crippen molar-refractivity contribution >= 4 is 6.21 Å². The number of nitrogens with zero attached hydrogens (tertiary/aromatic N) is 1. The number of hydrogen-bond acceptors (Lipinski definition) is 2. The number of nitrogens with two attached hydrogens (primary N) is 1. The van der Waals surface area contributed by atoms with Crippen LogP contribution in [0.15, 0.2) is 41.0 Å². The van der Waals surface area contributed by atoms with Gasteiger partial charge < -0.3 is 5.73 Å². The molecule has 0 saturated carbocycles. The van der Waals surface area contributed by atoms with Crippen molar-refractivity contribution < 1.29 is 0 Å². The Morgan fingerprint density at radius 2 is 1.93 bits per heavy atom. The number of benzene rings is 1. The van der Waals surface area contributed by atoms with E-state index in [2.05, 4.69) is 43.1 Å². The lowest BCUT2D eigenvalue weighted by Crippen LogP contribution is -1.92. The van der Waals surface area contributed by atoms with E-state index in [0.29, 0.717) is 0 Å². The summed E-state index contributed by atoms with van der Waals surface area (Å²) in [6.07, 6.45) is 3.37. The second-order valence-corrected chi connectivity index (χ2v) is 3.78. The van der Waals surface area contributed by atoms with Crippen molar-refractivity contribution in [1.29, 1.82) is 0 Å². The highest BCUT2D eigenvalue weighted by molar-refractivity contribution is 5.77. The van der Waals surface area contributed by atoms with E-state index in [1.54, 1.807) is 6.20 Å². The molecule has 2 heteroatoms. The summed E-state index contributed by atoms with van der Waals surface area (Å²) in [6.45, 7) is 6.09. The molecule has 0 aliphatic rings. The van der Waals surface area contributed by atoms with Crippen LogP contribution in [0.1, 0.15) is 31.0 Å². The molecule has 1 aromatic carbocycles. The Bertz CT molecular complexity index is 361.